The predicted octanol–water partition coefficient (Wildman–Crippen LogP) is 2.43. The zero-order chi connectivity index (χ0) is 21.3. The van der Waals surface area contributed by atoms with Gasteiger partial charge in [-0.05, 0) is 42.5 Å². The Bertz CT molecular complexity index is 1330. The van der Waals surface area contributed by atoms with Gasteiger partial charge < -0.3 is 9.30 Å². The fraction of sp³-hybridized carbons (Fsp3) is 0.100. The van der Waals surface area contributed by atoms with Gasteiger partial charge >= 0.3 is 11.1 Å². The van der Waals surface area contributed by atoms with E-state index in [1.165, 1.54) is 45.5 Å². The molecule has 0 atom stereocenters. The molecular weight excluding hydrogens is 413 g/mol. The summed E-state index contributed by atoms with van der Waals surface area (Å²) >= 11 is 6.11. The second kappa shape index (κ2) is 7.96. The number of ether oxygens (including phenoxy) is 1. The topological polar surface area (TPSA) is 83.9 Å². The molecule has 2 aromatic carbocycles. The molecule has 0 bridgehead atoms. The van der Waals surface area contributed by atoms with E-state index in [4.69, 9.17) is 16.3 Å². The molecule has 10 heteroatoms. The maximum Gasteiger partial charge on any atom is 0.320 e. The summed E-state index contributed by atoms with van der Waals surface area (Å²) in [6.07, 6.45) is 4.57. The molecule has 0 aliphatic heterocycles. The Labute approximate surface area is 174 Å². The first-order chi connectivity index (χ1) is 14.5. The molecule has 4 rings (SSSR count). The number of hydrogen-bond acceptors (Lipinski definition) is 5. The van der Waals surface area contributed by atoms with Crippen LogP contribution in [0.15, 0.2) is 70.6 Å². The molecule has 0 aliphatic carbocycles. The van der Waals surface area contributed by atoms with E-state index < -0.39 is 11.1 Å². The molecule has 0 saturated carbocycles. The van der Waals surface area contributed by atoms with Crippen molar-refractivity contribution in [3.8, 4) is 17.1 Å². The molecule has 0 saturated heterocycles. The van der Waals surface area contributed by atoms with Crippen molar-refractivity contribution in [3.05, 3.63) is 98.3 Å². The fourth-order valence-electron chi connectivity index (χ4n) is 2.91. The lowest BCUT2D eigenvalue weighted by Gasteiger charge is -2.10. The van der Waals surface area contributed by atoms with Crippen LogP contribution in [0.3, 0.4) is 0 Å². The third-order valence-corrected chi connectivity index (χ3v) is 4.73. The molecule has 0 unspecified atom stereocenters. The minimum atomic E-state index is -0.732. The van der Waals surface area contributed by atoms with Gasteiger partial charge in [-0.15, -0.1) is 5.10 Å². The van der Waals surface area contributed by atoms with Gasteiger partial charge in [0.1, 0.15) is 17.3 Å². The number of hydrogen-bond donors (Lipinski definition) is 0. The molecule has 0 aliphatic rings. The predicted molar refractivity (Wildman–Crippen MR) is 108 cm³/mol. The second-order valence-electron chi connectivity index (χ2n) is 6.36. The van der Waals surface area contributed by atoms with E-state index in [-0.39, 0.29) is 12.4 Å². The van der Waals surface area contributed by atoms with E-state index in [2.05, 4.69) is 10.3 Å². The molecule has 0 radical (unpaired) electrons. The van der Waals surface area contributed by atoms with Crippen molar-refractivity contribution >= 4 is 11.6 Å². The van der Waals surface area contributed by atoms with Gasteiger partial charge in [-0.25, -0.2) is 9.07 Å². The van der Waals surface area contributed by atoms with Crippen LogP contribution >= 0.6 is 11.6 Å². The highest BCUT2D eigenvalue weighted by atomic mass is 35.5. The lowest BCUT2D eigenvalue weighted by atomic mass is 10.3. The standard InChI is InChI=1S/C20H15ClFN5O3/c1-30-18-7-6-16(10-17(18)21)26-9-8-25(19(28)20(26)29)11-14-12-27(24-23-14)15-4-2-13(22)3-5-15/h2-10,12H,11H2,1H3. The first-order valence-electron chi connectivity index (χ1n) is 8.79. The van der Waals surface area contributed by atoms with Crippen molar-refractivity contribution in [1.29, 1.82) is 0 Å². The first kappa shape index (κ1) is 19.6. The van der Waals surface area contributed by atoms with Gasteiger partial charge in [0.15, 0.2) is 0 Å². The van der Waals surface area contributed by atoms with Crippen molar-refractivity contribution in [1.82, 2.24) is 24.1 Å². The van der Waals surface area contributed by atoms with Gasteiger partial charge in [-0.2, -0.15) is 0 Å². The van der Waals surface area contributed by atoms with Gasteiger partial charge in [0.2, 0.25) is 0 Å². The van der Waals surface area contributed by atoms with Gasteiger partial charge in [-0.1, -0.05) is 16.8 Å². The number of methoxy groups -OCH3 is 1. The summed E-state index contributed by atoms with van der Waals surface area (Å²) in [7, 11) is 1.49. The summed E-state index contributed by atoms with van der Waals surface area (Å²) in [4.78, 5) is 25.1. The minimum Gasteiger partial charge on any atom is -0.495 e. The van der Waals surface area contributed by atoms with Crippen molar-refractivity contribution in [2.75, 3.05) is 7.11 Å². The smallest absolute Gasteiger partial charge is 0.320 e. The highest BCUT2D eigenvalue weighted by Crippen LogP contribution is 2.25. The van der Waals surface area contributed by atoms with Crippen molar-refractivity contribution < 1.29 is 9.13 Å². The fourth-order valence-corrected chi connectivity index (χ4v) is 3.16. The number of aromatic nitrogens is 5. The van der Waals surface area contributed by atoms with Crippen LogP contribution in [0.5, 0.6) is 5.75 Å². The SMILES string of the molecule is COc1ccc(-n2ccn(Cc3cn(-c4ccc(F)cc4)nn3)c(=O)c2=O)cc1Cl. The van der Waals surface area contributed by atoms with Gasteiger partial charge in [0.25, 0.3) is 0 Å². The summed E-state index contributed by atoms with van der Waals surface area (Å²) in [6.45, 7) is 0.0550. The van der Waals surface area contributed by atoms with Crippen LogP contribution in [-0.2, 0) is 6.54 Å². The summed E-state index contributed by atoms with van der Waals surface area (Å²) < 4.78 is 22.1. The Kier molecular flexibility index (Phi) is 5.20. The molecule has 2 aromatic heterocycles. The maximum atomic E-state index is 13.1. The first-order valence-corrected chi connectivity index (χ1v) is 9.17. The van der Waals surface area contributed by atoms with Gasteiger partial charge in [-0.3, -0.25) is 14.2 Å². The van der Waals surface area contributed by atoms with Crippen LogP contribution in [-0.4, -0.2) is 31.2 Å². The van der Waals surface area contributed by atoms with E-state index in [1.54, 1.807) is 36.5 Å². The number of benzene rings is 2. The van der Waals surface area contributed by atoms with Crippen LogP contribution in [0.1, 0.15) is 5.69 Å². The van der Waals surface area contributed by atoms with E-state index in [9.17, 15) is 14.0 Å². The Balaban J connectivity index is 1.62. The summed E-state index contributed by atoms with van der Waals surface area (Å²) in [6, 6.07) is 10.5. The Hall–Kier alpha value is -3.72. The highest BCUT2D eigenvalue weighted by Gasteiger charge is 2.11. The molecular formula is C20H15ClFN5O3. The van der Waals surface area contributed by atoms with Crippen molar-refractivity contribution in [3.63, 3.8) is 0 Å². The highest BCUT2D eigenvalue weighted by molar-refractivity contribution is 6.32. The van der Waals surface area contributed by atoms with Gasteiger partial charge in [0.05, 0.1) is 36.2 Å². The summed E-state index contributed by atoms with van der Waals surface area (Å²) in [5.41, 5.74) is 0.0723. The van der Waals surface area contributed by atoms with Crippen molar-refractivity contribution in [2.45, 2.75) is 6.54 Å². The number of rotatable bonds is 5. The Morgan fingerprint density at radius 3 is 2.47 bits per heavy atom. The maximum absolute atomic E-state index is 13.1. The normalized spacial score (nSPS) is 10.9. The number of halogens is 2. The molecule has 8 nitrogen and oxygen atoms in total. The van der Waals surface area contributed by atoms with E-state index in [0.29, 0.717) is 27.8 Å². The van der Waals surface area contributed by atoms with Crippen LogP contribution in [0.25, 0.3) is 11.4 Å². The zero-order valence-electron chi connectivity index (χ0n) is 15.7. The summed E-state index contributed by atoms with van der Waals surface area (Å²) in [5.74, 6) is 0.107. The largest absolute Gasteiger partial charge is 0.495 e. The zero-order valence-corrected chi connectivity index (χ0v) is 16.5. The van der Waals surface area contributed by atoms with Crippen LogP contribution < -0.4 is 15.9 Å². The minimum absolute atomic E-state index is 0.0550. The third-order valence-electron chi connectivity index (χ3n) is 4.44. The molecule has 0 amide bonds. The summed E-state index contributed by atoms with van der Waals surface area (Å²) in [5, 5.41) is 8.31. The molecule has 152 valence electrons. The van der Waals surface area contributed by atoms with E-state index >= 15 is 0 Å². The molecule has 4 aromatic rings. The van der Waals surface area contributed by atoms with Crippen molar-refractivity contribution in [2.24, 2.45) is 0 Å². The van der Waals surface area contributed by atoms with Crippen LogP contribution in [0, 0.1) is 5.82 Å². The Morgan fingerprint density at radius 2 is 1.77 bits per heavy atom. The average molecular weight is 428 g/mol. The third kappa shape index (κ3) is 3.74. The van der Waals surface area contributed by atoms with Crippen LogP contribution in [0.2, 0.25) is 5.02 Å². The lowest BCUT2D eigenvalue weighted by molar-refractivity contribution is 0.415. The molecule has 0 spiro atoms. The van der Waals surface area contributed by atoms with Gasteiger partial charge in [0, 0.05) is 12.4 Å². The average Bonchev–Trinajstić information content (AvgIpc) is 3.20. The molecule has 2 heterocycles. The molecule has 30 heavy (non-hydrogen) atoms. The monoisotopic (exact) mass is 427 g/mol. The second-order valence-corrected chi connectivity index (χ2v) is 6.76. The van der Waals surface area contributed by atoms with E-state index in [0.717, 1.165) is 0 Å². The Morgan fingerprint density at radius 1 is 1.03 bits per heavy atom. The number of nitrogens with zero attached hydrogens (tertiary/aromatic N) is 5. The van der Waals surface area contributed by atoms with E-state index in [1.807, 2.05) is 0 Å². The van der Waals surface area contributed by atoms with Crippen LogP contribution in [0.4, 0.5) is 4.39 Å². The lowest BCUT2D eigenvalue weighted by Crippen LogP contribution is -2.40. The quantitative estimate of drug-likeness (QED) is 0.457. The molecule has 0 fully saturated rings. The molecule has 0 N–H and O–H groups in total.